The van der Waals surface area contributed by atoms with Crippen molar-refractivity contribution in [3.05, 3.63) is 76.2 Å². The van der Waals surface area contributed by atoms with E-state index in [-0.39, 0.29) is 49.3 Å². The fourth-order valence-corrected chi connectivity index (χ4v) is 5.46. The quantitative estimate of drug-likeness (QED) is 0.532. The van der Waals surface area contributed by atoms with Crippen molar-refractivity contribution in [1.82, 2.24) is 14.4 Å². The van der Waals surface area contributed by atoms with Gasteiger partial charge in [-0.3, -0.25) is 4.79 Å². The number of carbonyl (C=O) groups excluding carboxylic acids is 1. The number of sulfonamides is 1. The molecule has 180 valence electrons. The molecule has 9 heteroatoms. The van der Waals surface area contributed by atoms with Gasteiger partial charge in [0.25, 0.3) is 5.91 Å². The molecule has 0 spiro atoms. The maximum Gasteiger partial charge on any atom is 0.276 e. The van der Waals surface area contributed by atoms with Crippen molar-refractivity contribution in [2.45, 2.75) is 39.2 Å². The predicted octanol–water partition coefficient (Wildman–Crippen LogP) is 3.63. The molecular weight excluding hydrogens is 454 g/mol. The number of benzene rings is 2. The second-order valence-electron chi connectivity index (χ2n) is 8.58. The number of rotatable bonds is 6. The van der Waals surface area contributed by atoms with Gasteiger partial charge in [0.05, 0.1) is 10.5 Å². The first kappa shape index (κ1) is 24.0. The van der Waals surface area contributed by atoms with E-state index in [1.54, 1.807) is 36.1 Å². The van der Waals surface area contributed by atoms with Crippen molar-refractivity contribution in [2.24, 2.45) is 0 Å². The van der Waals surface area contributed by atoms with Crippen LogP contribution in [0.1, 0.15) is 38.5 Å². The van der Waals surface area contributed by atoms with Crippen LogP contribution < -0.4 is 4.74 Å². The topological polar surface area (TPSA) is 93.0 Å². The van der Waals surface area contributed by atoms with Crippen molar-refractivity contribution in [2.75, 3.05) is 26.2 Å². The lowest BCUT2D eigenvalue weighted by Gasteiger charge is -2.33. The fraction of sp³-hybridized carbons (Fsp3) is 0.360. The van der Waals surface area contributed by atoms with E-state index in [1.807, 2.05) is 39.0 Å². The lowest BCUT2D eigenvalue weighted by Crippen LogP contribution is -2.50. The molecule has 4 rings (SSSR count). The summed E-state index contributed by atoms with van der Waals surface area (Å²) in [5, 5.41) is 3.99. The molecule has 1 amide bonds. The summed E-state index contributed by atoms with van der Waals surface area (Å²) < 4.78 is 38.7. The second-order valence-corrected chi connectivity index (χ2v) is 10.5. The molecular formula is C25H29N3O5S. The third kappa shape index (κ3) is 4.71. The smallest absolute Gasteiger partial charge is 0.276 e. The monoisotopic (exact) mass is 483 g/mol. The van der Waals surface area contributed by atoms with Gasteiger partial charge in [-0.2, -0.15) is 4.31 Å². The molecule has 1 saturated heterocycles. The number of ether oxygens (including phenoxy) is 1. The Balaban J connectivity index is 1.44. The highest BCUT2D eigenvalue weighted by atomic mass is 32.2. The SMILES string of the molecule is Cc1ccc(S(=O)(=O)N2CCN(C(=O)c3noc(C)c3COc3c(C)cccc3C)CC2)cc1. The number of hydrogen-bond donors (Lipinski definition) is 0. The number of amides is 1. The number of carbonyl (C=O) groups is 1. The van der Waals surface area contributed by atoms with Gasteiger partial charge in [0.15, 0.2) is 5.69 Å². The van der Waals surface area contributed by atoms with Crippen LogP contribution >= 0.6 is 0 Å². The zero-order valence-electron chi connectivity index (χ0n) is 19.9. The van der Waals surface area contributed by atoms with Gasteiger partial charge in [-0.25, -0.2) is 8.42 Å². The van der Waals surface area contributed by atoms with Gasteiger partial charge in [0.1, 0.15) is 18.1 Å². The summed E-state index contributed by atoms with van der Waals surface area (Å²) in [6, 6.07) is 12.7. The van der Waals surface area contributed by atoms with Gasteiger partial charge in [-0.1, -0.05) is 41.1 Å². The first-order valence-electron chi connectivity index (χ1n) is 11.2. The molecule has 0 unspecified atom stereocenters. The van der Waals surface area contributed by atoms with Crippen LogP contribution in [0.5, 0.6) is 5.75 Å². The molecule has 1 aliphatic heterocycles. The summed E-state index contributed by atoms with van der Waals surface area (Å²) in [6.45, 7) is 8.73. The molecule has 8 nitrogen and oxygen atoms in total. The molecule has 2 aromatic carbocycles. The van der Waals surface area contributed by atoms with Crippen molar-refractivity contribution in [1.29, 1.82) is 0 Å². The van der Waals surface area contributed by atoms with E-state index >= 15 is 0 Å². The third-order valence-electron chi connectivity index (χ3n) is 6.14. The summed E-state index contributed by atoms with van der Waals surface area (Å²) >= 11 is 0. The van der Waals surface area contributed by atoms with E-state index in [2.05, 4.69) is 5.16 Å². The molecule has 1 aliphatic rings. The van der Waals surface area contributed by atoms with Crippen molar-refractivity contribution in [3.8, 4) is 5.75 Å². The minimum atomic E-state index is -3.60. The summed E-state index contributed by atoms with van der Waals surface area (Å²) in [5.41, 5.74) is 3.82. The summed E-state index contributed by atoms with van der Waals surface area (Å²) in [5.74, 6) is 1.01. The van der Waals surface area contributed by atoms with Crippen LogP contribution in [0.15, 0.2) is 51.9 Å². The Hall–Kier alpha value is -3.17. The van der Waals surface area contributed by atoms with Crippen LogP contribution in [0.25, 0.3) is 0 Å². The minimum absolute atomic E-state index is 0.157. The number of aryl methyl sites for hydroxylation is 4. The second kappa shape index (κ2) is 9.60. The van der Waals surface area contributed by atoms with Gasteiger partial charge in [-0.15, -0.1) is 0 Å². The molecule has 1 fully saturated rings. The molecule has 0 aliphatic carbocycles. The predicted molar refractivity (Wildman–Crippen MR) is 127 cm³/mol. The summed E-state index contributed by atoms with van der Waals surface area (Å²) in [4.78, 5) is 15.1. The molecule has 34 heavy (non-hydrogen) atoms. The molecule has 0 saturated carbocycles. The lowest BCUT2D eigenvalue weighted by atomic mass is 10.1. The molecule has 1 aromatic heterocycles. The van der Waals surface area contributed by atoms with Gasteiger partial charge in [0, 0.05) is 26.2 Å². The van der Waals surface area contributed by atoms with E-state index in [9.17, 15) is 13.2 Å². The van der Waals surface area contributed by atoms with E-state index in [1.165, 1.54) is 4.31 Å². The average molecular weight is 484 g/mol. The van der Waals surface area contributed by atoms with Crippen LogP contribution in [0.4, 0.5) is 0 Å². The third-order valence-corrected chi connectivity index (χ3v) is 8.05. The number of piperazine rings is 1. The Kier molecular flexibility index (Phi) is 6.77. The van der Waals surface area contributed by atoms with Crippen molar-refractivity contribution < 1.29 is 22.5 Å². The van der Waals surface area contributed by atoms with E-state index in [0.717, 1.165) is 22.4 Å². The van der Waals surface area contributed by atoms with Crippen LogP contribution in [-0.4, -0.2) is 54.9 Å². The van der Waals surface area contributed by atoms with Crippen LogP contribution in [0.2, 0.25) is 0 Å². The molecule has 0 N–H and O–H groups in total. The maximum absolute atomic E-state index is 13.2. The molecule has 0 bridgehead atoms. The Morgan fingerprint density at radius 3 is 2.21 bits per heavy atom. The normalized spacial score (nSPS) is 14.9. The summed E-state index contributed by atoms with van der Waals surface area (Å²) in [7, 11) is -3.60. The number of para-hydroxylation sites is 1. The van der Waals surface area contributed by atoms with E-state index in [0.29, 0.717) is 11.3 Å². The van der Waals surface area contributed by atoms with Crippen LogP contribution in [-0.2, 0) is 16.6 Å². The average Bonchev–Trinajstić information content (AvgIpc) is 3.19. The van der Waals surface area contributed by atoms with E-state index in [4.69, 9.17) is 9.26 Å². The van der Waals surface area contributed by atoms with Crippen molar-refractivity contribution >= 4 is 15.9 Å². The highest BCUT2D eigenvalue weighted by molar-refractivity contribution is 7.89. The molecule has 2 heterocycles. The maximum atomic E-state index is 13.2. The standard InChI is InChI=1S/C25H29N3O5S/c1-17-8-10-21(11-9-17)34(30,31)28-14-12-27(13-15-28)25(29)23-22(20(4)33-26-23)16-32-24-18(2)6-5-7-19(24)3/h5-11H,12-16H2,1-4H3. The number of aromatic nitrogens is 1. The van der Waals surface area contributed by atoms with Gasteiger partial charge in [-0.05, 0) is 51.0 Å². The molecule has 3 aromatic rings. The lowest BCUT2D eigenvalue weighted by molar-refractivity contribution is 0.0685. The van der Waals surface area contributed by atoms with Gasteiger partial charge < -0.3 is 14.2 Å². The van der Waals surface area contributed by atoms with E-state index < -0.39 is 10.0 Å². The highest BCUT2D eigenvalue weighted by Gasteiger charge is 2.32. The first-order chi connectivity index (χ1) is 16.2. The Morgan fingerprint density at radius 1 is 0.971 bits per heavy atom. The Bertz CT molecular complexity index is 1270. The minimum Gasteiger partial charge on any atom is -0.488 e. The zero-order valence-corrected chi connectivity index (χ0v) is 20.7. The van der Waals surface area contributed by atoms with Gasteiger partial charge in [0.2, 0.25) is 10.0 Å². The highest BCUT2D eigenvalue weighted by Crippen LogP contribution is 2.26. The van der Waals surface area contributed by atoms with Crippen LogP contribution in [0.3, 0.4) is 0 Å². The van der Waals surface area contributed by atoms with Crippen molar-refractivity contribution in [3.63, 3.8) is 0 Å². The number of hydrogen-bond acceptors (Lipinski definition) is 6. The Labute approximate surface area is 200 Å². The largest absolute Gasteiger partial charge is 0.488 e. The molecule has 0 atom stereocenters. The number of nitrogens with zero attached hydrogens (tertiary/aromatic N) is 3. The summed E-state index contributed by atoms with van der Waals surface area (Å²) in [6.07, 6.45) is 0. The Morgan fingerprint density at radius 2 is 1.59 bits per heavy atom. The van der Waals surface area contributed by atoms with Crippen LogP contribution in [0, 0.1) is 27.7 Å². The molecule has 0 radical (unpaired) electrons. The zero-order chi connectivity index (χ0) is 24.5. The van der Waals surface area contributed by atoms with Gasteiger partial charge >= 0.3 is 0 Å². The first-order valence-corrected chi connectivity index (χ1v) is 12.6. The fourth-order valence-electron chi connectivity index (χ4n) is 4.04.